The van der Waals surface area contributed by atoms with Gasteiger partial charge in [-0.05, 0) is 18.8 Å². The molecule has 1 aromatic rings. The van der Waals surface area contributed by atoms with Gasteiger partial charge in [0.1, 0.15) is 17.5 Å². The average molecular weight is 249 g/mol. The maximum atomic E-state index is 5.48. The maximum absolute atomic E-state index is 5.48. The number of anilines is 2. The Kier molecular flexibility index (Phi) is 4.01. The number of nitrogens with zero attached hydrogens (tertiary/aromatic N) is 3. The molecule has 1 fully saturated rings. The third-order valence-electron chi connectivity index (χ3n) is 3.07. The van der Waals surface area contributed by atoms with E-state index in [4.69, 9.17) is 5.84 Å². The van der Waals surface area contributed by atoms with Crippen LogP contribution in [-0.2, 0) is 6.42 Å². The minimum atomic E-state index is 0.625. The highest BCUT2D eigenvalue weighted by atomic mass is 15.3. The SMILES string of the molecule is CCc1nc(NN)cc(N(CC(C)C)C2CC2)n1. The molecule has 0 saturated heterocycles. The lowest BCUT2D eigenvalue weighted by molar-refractivity contribution is 0.601. The summed E-state index contributed by atoms with van der Waals surface area (Å²) in [6.45, 7) is 7.57. The monoisotopic (exact) mass is 249 g/mol. The zero-order valence-corrected chi connectivity index (χ0v) is 11.5. The molecule has 0 atom stereocenters. The van der Waals surface area contributed by atoms with Gasteiger partial charge in [-0.1, -0.05) is 20.8 Å². The van der Waals surface area contributed by atoms with Gasteiger partial charge in [0.05, 0.1) is 0 Å². The largest absolute Gasteiger partial charge is 0.353 e. The highest BCUT2D eigenvalue weighted by Gasteiger charge is 2.30. The van der Waals surface area contributed by atoms with Crippen LogP contribution >= 0.6 is 0 Å². The van der Waals surface area contributed by atoms with Crippen molar-refractivity contribution >= 4 is 11.6 Å². The van der Waals surface area contributed by atoms with Crippen molar-refractivity contribution in [3.63, 3.8) is 0 Å². The minimum Gasteiger partial charge on any atom is -0.353 e. The predicted octanol–water partition coefficient (Wildman–Crippen LogP) is 1.95. The summed E-state index contributed by atoms with van der Waals surface area (Å²) in [5.41, 5.74) is 2.63. The van der Waals surface area contributed by atoms with E-state index in [0.29, 0.717) is 17.8 Å². The fourth-order valence-electron chi connectivity index (χ4n) is 2.07. The van der Waals surface area contributed by atoms with Crippen LogP contribution in [0.4, 0.5) is 11.6 Å². The zero-order chi connectivity index (χ0) is 13.1. The van der Waals surface area contributed by atoms with E-state index < -0.39 is 0 Å². The summed E-state index contributed by atoms with van der Waals surface area (Å²) in [6.07, 6.45) is 3.36. The molecule has 0 amide bonds. The van der Waals surface area contributed by atoms with Gasteiger partial charge in [-0.15, -0.1) is 0 Å². The van der Waals surface area contributed by atoms with Crippen molar-refractivity contribution in [2.45, 2.75) is 46.1 Å². The van der Waals surface area contributed by atoms with Gasteiger partial charge in [0.25, 0.3) is 0 Å². The fourth-order valence-corrected chi connectivity index (χ4v) is 2.07. The topological polar surface area (TPSA) is 67.1 Å². The first kappa shape index (κ1) is 13.1. The molecule has 0 bridgehead atoms. The first-order chi connectivity index (χ1) is 8.63. The van der Waals surface area contributed by atoms with Crippen LogP contribution < -0.4 is 16.2 Å². The smallest absolute Gasteiger partial charge is 0.145 e. The molecule has 1 aliphatic rings. The highest BCUT2D eigenvalue weighted by molar-refractivity contribution is 5.50. The molecule has 0 unspecified atom stereocenters. The Balaban J connectivity index is 2.27. The molecule has 1 aliphatic carbocycles. The van der Waals surface area contributed by atoms with Gasteiger partial charge in [0.15, 0.2) is 0 Å². The van der Waals surface area contributed by atoms with E-state index >= 15 is 0 Å². The second-order valence-corrected chi connectivity index (χ2v) is 5.30. The molecule has 0 radical (unpaired) electrons. The summed E-state index contributed by atoms with van der Waals surface area (Å²) >= 11 is 0. The molecule has 5 heteroatoms. The van der Waals surface area contributed by atoms with Crippen molar-refractivity contribution < 1.29 is 0 Å². The molecular weight excluding hydrogens is 226 g/mol. The molecular formula is C13H23N5. The van der Waals surface area contributed by atoms with Crippen LogP contribution in [0.15, 0.2) is 6.07 Å². The summed E-state index contributed by atoms with van der Waals surface area (Å²) in [4.78, 5) is 11.4. The molecule has 0 spiro atoms. The lowest BCUT2D eigenvalue weighted by atomic mass is 10.2. The van der Waals surface area contributed by atoms with E-state index in [9.17, 15) is 0 Å². The minimum absolute atomic E-state index is 0.625. The van der Waals surface area contributed by atoms with E-state index in [1.807, 2.05) is 6.07 Å². The van der Waals surface area contributed by atoms with E-state index in [0.717, 1.165) is 24.6 Å². The van der Waals surface area contributed by atoms with Gasteiger partial charge in [0.2, 0.25) is 0 Å². The molecule has 0 aromatic carbocycles. The Hall–Kier alpha value is -1.36. The van der Waals surface area contributed by atoms with Crippen molar-refractivity contribution in [1.82, 2.24) is 9.97 Å². The van der Waals surface area contributed by atoms with Crippen LogP contribution in [0.1, 0.15) is 39.4 Å². The van der Waals surface area contributed by atoms with Crippen molar-refractivity contribution in [2.75, 3.05) is 16.9 Å². The zero-order valence-electron chi connectivity index (χ0n) is 11.5. The van der Waals surface area contributed by atoms with Crippen LogP contribution in [0.3, 0.4) is 0 Å². The van der Waals surface area contributed by atoms with E-state index in [2.05, 4.69) is 41.1 Å². The third-order valence-corrected chi connectivity index (χ3v) is 3.07. The molecule has 2 rings (SSSR count). The summed E-state index contributed by atoms with van der Waals surface area (Å²) in [5.74, 6) is 8.65. The van der Waals surface area contributed by atoms with Crippen LogP contribution in [0.2, 0.25) is 0 Å². The highest BCUT2D eigenvalue weighted by Crippen LogP contribution is 2.32. The summed E-state index contributed by atoms with van der Waals surface area (Å²) in [6, 6.07) is 2.59. The number of aryl methyl sites for hydroxylation is 1. The van der Waals surface area contributed by atoms with Gasteiger partial charge in [-0.25, -0.2) is 15.8 Å². The Bertz CT molecular complexity index is 378. The molecule has 3 N–H and O–H groups in total. The Morgan fingerprint density at radius 1 is 1.44 bits per heavy atom. The molecule has 5 nitrogen and oxygen atoms in total. The number of hydrazine groups is 1. The quantitative estimate of drug-likeness (QED) is 0.596. The van der Waals surface area contributed by atoms with Gasteiger partial charge in [-0.2, -0.15) is 0 Å². The molecule has 1 heterocycles. The van der Waals surface area contributed by atoms with Crippen molar-refractivity contribution in [3.8, 4) is 0 Å². The molecule has 100 valence electrons. The van der Waals surface area contributed by atoms with Crippen molar-refractivity contribution in [3.05, 3.63) is 11.9 Å². The number of aromatic nitrogens is 2. The molecule has 0 aliphatic heterocycles. The van der Waals surface area contributed by atoms with Crippen molar-refractivity contribution in [1.29, 1.82) is 0 Å². The summed E-state index contributed by atoms with van der Waals surface area (Å²) in [5, 5.41) is 0. The number of rotatable bonds is 6. The molecule has 18 heavy (non-hydrogen) atoms. The third kappa shape index (κ3) is 3.10. The lowest BCUT2D eigenvalue weighted by Gasteiger charge is -2.26. The Morgan fingerprint density at radius 2 is 2.17 bits per heavy atom. The molecule has 1 saturated carbocycles. The van der Waals surface area contributed by atoms with Gasteiger partial charge in [-0.3, -0.25) is 0 Å². The van der Waals surface area contributed by atoms with E-state index in [-0.39, 0.29) is 0 Å². The van der Waals surface area contributed by atoms with Crippen molar-refractivity contribution in [2.24, 2.45) is 11.8 Å². The van der Waals surface area contributed by atoms with Crippen LogP contribution in [0.25, 0.3) is 0 Å². The van der Waals surface area contributed by atoms with Gasteiger partial charge in [0, 0.05) is 25.1 Å². The van der Waals surface area contributed by atoms with Gasteiger partial charge >= 0.3 is 0 Å². The van der Waals surface area contributed by atoms with E-state index in [1.54, 1.807) is 0 Å². The predicted molar refractivity (Wildman–Crippen MR) is 74.4 cm³/mol. The number of nitrogens with one attached hydrogen (secondary N) is 1. The number of hydrogen-bond donors (Lipinski definition) is 2. The normalized spacial score (nSPS) is 14.9. The standard InChI is InChI=1S/C13H23N5/c1-4-11-15-12(17-14)7-13(16-11)18(8-9(2)3)10-5-6-10/h7,9-10H,4-6,8,14H2,1-3H3,(H,15,16,17). The van der Waals surface area contributed by atoms with Crippen LogP contribution in [-0.4, -0.2) is 22.6 Å². The second kappa shape index (κ2) is 5.52. The number of hydrogen-bond acceptors (Lipinski definition) is 5. The van der Waals surface area contributed by atoms with Crippen LogP contribution in [0.5, 0.6) is 0 Å². The summed E-state index contributed by atoms with van der Waals surface area (Å²) < 4.78 is 0. The number of nitrogen functional groups attached to an aromatic ring is 1. The number of nitrogens with two attached hydrogens (primary N) is 1. The Labute approximate surface area is 109 Å². The Morgan fingerprint density at radius 3 is 2.67 bits per heavy atom. The van der Waals surface area contributed by atoms with Gasteiger partial charge < -0.3 is 10.3 Å². The van der Waals surface area contributed by atoms with E-state index in [1.165, 1.54) is 12.8 Å². The van der Waals surface area contributed by atoms with Crippen LogP contribution in [0, 0.1) is 5.92 Å². The maximum Gasteiger partial charge on any atom is 0.145 e. The average Bonchev–Trinajstić information content (AvgIpc) is 3.19. The second-order valence-electron chi connectivity index (χ2n) is 5.30. The summed E-state index contributed by atoms with van der Waals surface area (Å²) in [7, 11) is 0. The molecule has 1 aromatic heterocycles. The first-order valence-electron chi connectivity index (χ1n) is 6.75. The first-order valence-corrected chi connectivity index (χ1v) is 6.75. The lowest BCUT2D eigenvalue weighted by Crippen LogP contribution is -2.31. The fraction of sp³-hybridized carbons (Fsp3) is 0.692.